The van der Waals surface area contributed by atoms with E-state index in [9.17, 15) is 5.11 Å². The number of hydrogen-bond acceptors (Lipinski definition) is 4. The van der Waals surface area contributed by atoms with E-state index in [1.54, 1.807) is 13.2 Å². The van der Waals surface area contributed by atoms with E-state index in [2.05, 4.69) is 4.99 Å². The zero-order valence-electron chi connectivity index (χ0n) is 9.87. The van der Waals surface area contributed by atoms with Crippen LogP contribution in [0.3, 0.4) is 0 Å². The summed E-state index contributed by atoms with van der Waals surface area (Å²) in [6, 6.07) is 11.6. The molecule has 18 heavy (non-hydrogen) atoms. The van der Waals surface area contributed by atoms with Gasteiger partial charge in [-0.3, -0.25) is 4.99 Å². The topological polar surface area (TPSA) is 62.0 Å². The van der Waals surface area contributed by atoms with E-state index in [1.165, 1.54) is 18.3 Å². The number of nitrogens with zero attached hydrogens (tertiary/aromatic N) is 1. The summed E-state index contributed by atoms with van der Waals surface area (Å²) in [7, 11) is 1.60. The van der Waals surface area contributed by atoms with Crippen molar-refractivity contribution in [1.29, 1.82) is 0 Å². The molecule has 0 spiro atoms. The van der Waals surface area contributed by atoms with E-state index in [0.29, 0.717) is 5.56 Å². The quantitative estimate of drug-likeness (QED) is 0.815. The molecule has 2 aromatic carbocycles. The molecule has 0 aliphatic rings. The number of rotatable bonds is 3. The highest BCUT2D eigenvalue weighted by molar-refractivity contribution is 5.85. The zero-order valence-corrected chi connectivity index (χ0v) is 9.87. The second-order valence-electron chi connectivity index (χ2n) is 3.70. The lowest BCUT2D eigenvalue weighted by atomic mass is 10.2. The maximum atomic E-state index is 9.58. The van der Waals surface area contributed by atoms with Crippen LogP contribution in [0.2, 0.25) is 0 Å². The van der Waals surface area contributed by atoms with Crippen LogP contribution in [-0.2, 0) is 0 Å². The summed E-state index contributed by atoms with van der Waals surface area (Å²) in [4.78, 5) is 4.22. The third kappa shape index (κ3) is 2.79. The van der Waals surface area contributed by atoms with Gasteiger partial charge < -0.3 is 14.9 Å². The van der Waals surface area contributed by atoms with Crippen LogP contribution in [0, 0.1) is 0 Å². The lowest BCUT2D eigenvalue weighted by molar-refractivity contribution is 0.415. The molecule has 0 aliphatic carbocycles. The number of aliphatic imine (C=N–C) groups is 1. The molecule has 0 radical (unpaired) electrons. The highest BCUT2D eigenvalue weighted by Gasteiger charge is 1.99. The highest BCUT2D eigenvalue weighted by atomic mass is 16.5. The van der Waals surface area contributed by atoms with Crippen molar-refractivity contribution in [3.05, 3.63) is 48.0 Å². The minimum Gasteiger partial charge on any atom is -0.508 e. The molecule has 0 saturated carbocycles. The lowest BCUT2D eigenvalue weighted by Crippen LogP contribution is -1.82. The first kappa shape index (κ1) is 12.0. The summed E-state index contributed by atoms with van der Waals surface area (Å²) in [5, 5.41) is 18.7. The summed E-state index contributed by atoms with van der Waals surface area (Å²) in [5.41, 5.74) is 1.30. The normalized spacial score (nSPS) is 10.7. The summed E-state index contributed by atoms with van der Waals surface area (Å²) < 4.78 is 5.04. The fraction of sp³-hybridized carbons (Fsp3) is 0.0714. The third-order valence-electron chi connectivity index (χ3n) is 2.44. The molecule has 4 heteroatoms. The summed E-state index contributed by atoms with van der Waals surface area (Å²) in [6.07, 6.45) is 1.54. The second-order valence-corrected chi connectivity index (χ2v) is 3.70. The molecule has 0 aliphatic heterocycles. The van der Waals surface area contributed by atoms with Gasteiger partial charge in [-0.05, 0) is 36.4 Å². The Hall–Kier alpha value is -2.49. The molecule has 92 valence electrons. The predicted octanol–water partition coefficient (Wildman–Crippen LogP) is 2.86. The van der Waals surface area contributed by atoms with Gasteiger partial charge in [-0.1, -0.05) is 0 Å². The summed E-state index contributed by atoms with van der Waals surface area (Å²) in [5.74, 6) is 0.780. The number of aromatic hydroxyl groups is 2. The number of hydrogen-bond donors (Lipinski definition) is 2. The molecule has 0 heterocycles. The Labute approximate surface area is 105 Å². The molecular formula is C14H13NO3. The lowest BCUT2D eigenvalue weighted by Gasteiger charge is -2.00. The van der Waals surface area contributed by atoms with Crippen molar-refractivity contribution < 1.29 is 14.9 Å². The number of phenols is 2. The van der Waals surface area contributed by atoms with Crippen LogP contribution in [0.25, 0.3) is 0 Å². The maximum absolute atomic E-state index is 9.58. The molecule has 0 aromatic heterocycles. The largest absolute Gasteiger partial charge is 0.508 e. The Morgan fingerprint density at radius 3 is 2.39 bits per heavy atom. The van der Waals surface area contributed by atoms with E-state index < -0.39 is 0 Å². The molecule has 0 unspecified atom stereocenters. The highest BCUT2D eigenvalue weighted by Crippen LogP contribution is 2.22. The Morgan fingerprint density at radius 1 is 1.06 bits per heavy atom. The van der Waals surface area contributed by atoms with Crippen LogP contribution < -0.4 is 4.74 Å². The van der Waals surface area contributed by atoms with Gasteiger partial charge in [-0.2, -0.15) is 0 Å². The maximum Gasteiger partial charge on any atom is 0.128 e. The SMILES string of the molecule is COc1ccc(N=Cc2ccc(O)cc2O)cc1. The first-order valence-corrected chi connectivity index (χ1v) is 5.39. The first-order chi connectivity index (χ1) is 8.69. The molecule has 0 bridgehead atoms. The van der Waals surface area contributed by atoms with Crippen LogP contribution >= 0.6 is 0 Å². The Morgan fingerprint density at radius 2 is 1.78 bits per heavy atom. The number of benzene rings is 2. The number of ether oxygens (including phenoxy) is 1. The van der Waals surface area contributed by atoms with Gasteiger partial charge in [0.2, 0.25) is 0 Å². The van der Waals surface area contributed by atoms with Gasteiger partial charge in [0.15, 0.2) is 0 Å². The smallest absolute Gasteiger partial charge is 0.128 e. The van der Waals surface area contributed by atoms with Crippen LogP contribution in [0.1, 0.15) is 5.56 Å². The zero-order chi connectivity index (χ0) is 13.0. The van der Waals surface area contributed by atoms with Crippen LogP contribution in [0.5, 0.6) is 17.2 Å². The van der Waals surface area contributed by atoms with Crippen molar-refractivity contribution in [3.63, 3.8) is 0 Å². The fourth-order valence-corrected chi connectivity index (χ4v) is 1.45. The van der Waals surface area contributed by atoms with Crippen molar-refractivity contribution in [2.45, 2.75) is 0 Å². The van der Waals surface area contributed by atoms with Crippen molar-refractivity contribution >= 4 is 11.9 Å². The molecule has 4 nitrogen and oxygen atoms in total. The molecule has 2 rings (SSSR count). The minimum atomic E-state index is -0.00717. The standard InChI is InChI=1S/C14H13NO3/c1-18-13-6-3-11(4-7-13)15-9-10-2-5-12(16)8-14(10)17/h2-9,16-17H,1H3. The number of phenolic OH excluding ortho intramolecular Hbond substituents is 2. The van der Waals surface area contributed by atoms with Crippen LogP contribution in [0.4, 0.5) is 5.69 Å². The van der Waals surface area contributed by atoms with Gasteiger partial charge in [0, 0.05) is 17.8 Å². The van der Waals surface area contributed by atoms with Gasteiger partial charge in [0.05, 0.1) is 12.8 Å². The van der Waals surface area contributed by atoms with Crippen molar-refractivity contribution in [3.8, 4) is 17.2 Å². The molecule has 2 N–H and O–H groups in total. The predicted molar refractivity (Wildman–Crippen MR) is 70.0 cm³/mol. The molecule has 0 atom stereocenters. The van der Waals surface area contributed by atoms with Gasteiger partial charge >= 0.3 is 0 Å². The average molecular weight is 243 g/mol. The van der Waals surface area contributed by atoms with Gasteiger partial charge in [-0.25, -0.2) is 0 Å². The van der Waals surface area contributed by atoms with E-state index in [-0.39, 0.29) is 11.5 Å². The minimum absolute atomic E-state index is 0.00717. The molecule has 2 aromatic rings. The fourth-order valence-electron chi connectivity index (χ4n) is 1.45. The average Bonchev–Trinajstić information content (AvgIpc) is 2.38. The summed E-state index contributed by atoms with van der Waals surface area (Å²) >= 11 is 0. The van der Waals surface area contributed by atoms with Crippen molar-refractivity contribution in [2.75, 3.05) is 7.11 Å². The Balaban J connectivity index is 2.19. The van der Waals surface area contributed by atoms with Crippen LogP contribution in [0.15, 0.2) is 47.5 Å². The van der Waals surface area contributed by atoms with E-state index in [1.807, 2.05) is 24.3 Å². The van der Waals surface area contributed by atoms with E-state index in [4.69, 9.17) is 9.84 Å². The first-order valence-electron chi connectivity index (χ1n) is 5.39. The van der Waals surface area contributed by atoms with Crippen molar-refractivity contribution in [1.82, 2.24) is 0 Å². The van der Waals surface area contributed by atoms with Gasteiger partial charge in [0.1, 0.15) is 17.2 Å². The monoisotopic (exact) mass is 243 g/mol. The van der Waals surface area contributed by atoms with E-state index >= 15 is 0 Å². The van der Waals surface area contributed by atoms with E-state index in [0.717, 1.165) is 11.4 Å². The molecule has 0 fully saturated rings. The summed E-state index contributed by atoms with van der Waals surface area (Å²) in [6.45, 7) is 0. The molecule has 0 amide bonds. The Bertz CT molecular complexity index is 562. The molecule has 0 saturated heterocycles. The second kappa shape index (κ2) is 5.23. The van der Waals surface area contributed by atoms with Crippen LogP contribution in [-0.4, -0.2) is 23.5 Å². The van der Waals surface area contributed by atoms with Gasteiger partial charge in [-0.15, -0.1) is 0 Å². The third-order valence-corrected chi connectivity index (χ3v) is 2.44. The number of methoxy groups -OCH3 is 1. The van der Waals surface area contributed by atoms with Crippen molar-refractivity contribution in [2.24, 2.45) is 4.99 Å². The van der Waals surface area contributed by atoms with Gasteiger partial charge in [0.25, 0.3) is 0 Å². The molecular weight excluding hydrogens is 230 g/mol. The Kier molecular flexibility index (Phi) is 3.48.